The van der Waals surface area contributed by atoms with E-state index in [1.54, 1.807) is 40.7 Å². The van der Waals surface area contributed by atoms with Gasteiger partial charge in [0.25, 0.3) is 11.5 Å². The van der Waals surface area contributed by atoms with Crippen LogP contribution in [-0.4, -0.2) is 30.1 Å². The molecule has 6 rings (SSSR count). The first-order valence-corrected chi connectivity index (χ1v) is 13.2. The van der Waals surface area contributed by atoms with Crippen LogP contribution in [0.3, 0.4) is 0 Å². The van der Waals surface area contributed by atoms with E-state index in [0.29, 0.717) is 39.2 Å². The number of nitrogens with one attached hydrogen (secondary N) is 1. The number of aromatic nitrogens is 5. The zero-order chi connectivity index (χ0) is 28.5. The lowest BCUT2D eigenvalue weighted by atomic mass is 10.0. The molecule has 0 fully saturated rings. The Morgan fingerprint density at radius 2 is 1.78 bits per heavy atom. The van der Waals surface area contributed by atoms with Crippen LogP contribution >= 0.6 is 0 Å². The molecule has 0 unspecified atom stereocenters. The molecular weight excluding hydrogens is 512 g/mol. The van der Waals surface area contributed by atoms with Crippen molar-refractivity contribution in [2.24, 2.45) is 0 Å². The number of fused-ring (bicyclic) bond motifs is 2. The van der Waals surface area contributed by atoms with Crippen LogP contribution in [0.4, 0.5) is 0 Å². The molecule has 0 bridgehead atoms. The van der Waals surface area contributed by atoms with Gasteiger partial charge in [-0.3, -0.25) is 19.1 Å². The van der Waals surface area contributed by atoms with Crippen LogP contribution in [-0.2, 0) is 0 Å². The smallest absolute Gasteiger partial charge is 0.264 e. The summed E-state index contributed by atoms with van der Waals surface area (Å²) in [6.45, 7) is 5.56. The van der Waals surface area contributed by atoms with Crippen molar-refractivity contribution < 1.29 is 4.79 Å². The van der Waals surface area contributed by atoms with Gasteiger partial charge in [-0.15, -0.1) is 0 Å². The van der Waals surface area contributed by atoms with Crippen LogP contribution in [0.25, 0.3) is 22.1 Å². The zero-order valence-corrected chi connectivity index (χ0v) is 22.8. The van der Waals surface area contributed by atoms with Gasteiger partial charge in [0.2, 0.25) is 0 Å². The van der Waals surface area contributed by atoms with Gasteiger partial charge in [0.15, 0.2) is 5.65 Å². The van der Waals surface area contributed by atoms with E-state index < -0.39 is 6.04 Å². The monoisotopic (exact) mass is 538 g/mol. The lowest BCUT2D eigenvalue weighted by Crippen LogP contribution is -2.32. The first-order chi connectivity index (χ1) is 19.9. The van der Waals surface area contributed by atoms with Crippen LogP contribution in [0.15, 0.2) is 96.2 Å². The van der Waals surface area contributed by atoms with Gasteiger partial charge in [0.1, 0.15) is 5.56 Å². The predicted molar refractivity (Wildman–Crippen MR) is 158 cm³/mol. The van der Waals surface area contributed by atoms with Crippen LogP contribution in [0.5, 0.6) is 0 Å². The minimum Gasteiger partial charge on any atom is -0.344 e. The Morgan fingerprint density at radius 1 is 0.951 bits per heavy atom. The normalized spacial score (nSPS) is 11.7. The number of benzene rings is 2. The minimum absolute atomic E-state index is 0.217. The molecule has 0 aliphatic carbocycles. The van der Waals surface area contributed by atoms with E-state index in [1.165, 1.54) is 0 Å². The molecule has 4 aromatic heterocycles. The van der Waals surface area contributed by atoms with Crippen molar-refractivity contribution in [3.8, 4) is 17.5 Å². The van der Waals surface area contributed by atoms with E-state index in [4.69, 9.17) is 0 Å². The Labute approximate surface area is 236 Å². The summed E-state index contributed by atoms with van der Waals surface area (Å²) < 4.78 is 3.23. The summed E-state index contributed by atoms with van der Waals surface area (Å²) in [6.07, 6.45) is 5.10. The maximum Gasteiger partial charge on any atom is 0.264 e. The van der Waals surface area contributed by atoms with Crippen LogP contribution in [0, 0.1) is 25.7 Å². The number of aryl methyl sites for hydroxylation is 2. The van der Waals surface area contributed by atoms with Crippen molar-refractivity contribution in [2.45, 2.75) is 26.8 Å². The predicted octanol–water partition coefficient (Wildman–Crippen LogP) is 4.94. The largest absolute Gasteiger partial charge is 0.344 e. The molecule has 8 nitrogen and oxygen atoms in total. The van der Waals surface area contributed by atoms with Gasteiger partial charge in [0.05, 0.1) is 17.1 Å². The molecule has 0 saturated carbocycles. The van der Waals surface area contributed by atoms with E-state index in [2.05, 4.69) is 32.2 Å². The highest BCUT2D eigenvalue weighted by Gasteiger charge is 2.23. The molecule has 0 saturated heterocycles. The molecule has 4 heterocycles. The number of hydrogen-bond donors (Lipinski definition) is 1. The average molecular weight is 539 g/mol. The molecule has 1 atom stereocenters. The third-order valence-corrected chi connectivity index (χ3v) is 6.93. The Morgan fingerprint density at radius 3 is 2.56 bits per heavy atom. The second-order valence-electron chi connectivity index (χ2n) is 9.80. The fraction of sp³-hybridized carbons (Fsp3) is 0.121. The topological polar surface area (TPSA) is 94.2 Å². The summed E-state index contributed by atoms with van der Waals surface area (Å²) in [7, 11) is 0. The summed E-state index contributed by atoms with van der Waals surface area (Å²) in [5.41, 5.74) is 4.84. The second kappa shape index (κ2) is 10.5. The Hall–Kier alpha value is -5.55. The van der Waals surface area contributed by atoms with E-state index >= 15 is 0 Å². The first kappa shape index (κ1) is 25.7. The van der Waals surface area contributed by atoms with E-state index in [1.807, 2.05) is 80.6 Å². The number of rotatable bonds is 4. The summed E-state index contributed by atoms with van der Waals surface area (Å²) in [6, 6.07) is 22.0. The number of nitrogens with zero attached hydrogens (tertiary/aromatic N) is 5. The van der Waals surface area contributed by atoms with Crippen molar-refractivity contribution in [1.82, 2.24) is 29.5 Å². The van der Waals surface area contributed by atoms with Crippen LogP contribution in [0.2, 0.25) is 0 Å². The number of hydrogen-bond acceptors (Lipinski definition) is 5. The molecule has 1 N–H and O–H groups in total. The third kappa shape index (κ3) is 4.85. The molecule has 6 aromatic rings. The zero-order valence-electron chi connectivity index (χ0n) is 22.8. The van der Waals surface area contributed by atoms with Crippen LogP contribution in [0.1, 0.15) is 51.5 Å². The van der Waals surface area contributed by atoms with Crippen molar-refractivity contribution in [1.29, 1.82) is 0 Å². The molecule has 0 spiro atoms. The summed E-state index contributed by atoms with van der Waals surface area (Å²) in [4.78, 5) is 36.4. The van der Waals surface area contributed by atoms with E-state index in [9.17, 15) is 9.59 Å². The molecule has 0 aliphatic rings. The molecule has 0 aliphatic heterocycles. The van der Waals surface area contributed by atoms with Crippen molar-refractivity contribution >= 4 is 22.3 Å². The standard InChI is InChI=1S/C33H26N6O2/c1-21-13-14-24(20-35-21)15-16-25-9-7-10-26-19-28(39(33(41)30(25)26)27-11-5-4-6-12-27)22(2)36-32(40)29-23(3)37-38-18-8-17-34-31(29)38/h4-14,17-20,22H,1-3H3,(H,36,40)/t22-/m1/s1. The van der Waals surface area contributed by atoms with Gasteiger partial charge in [-0.25, -0.2) is 9.50 Å². The quantitative estimate of drug-likeness (QED) is 0.321. The number of carbonyl (C=O) groups is 1. The van der Waals surface area contributed by atoms with Crippen molar-refractivity contribution in [3.63, 3.8) is 0 Å². The average Bonchev–Trinajstić information content (AvgIpc) is 3.32. The third-order valence-electron chi connectivity index (χ3n) is 6.93. The number of carbonyl (C=O) groups excluding carboxylic acids is 1. The number of pyridine rings is 2. The van der Waals surface area contributed by atoms with Crippen LogP contribution < -0.4 is 10.9 Å². The number of para-hydroxylation sites is 1. The van der Waals surface area contributed by atoms with E-state index in [0.717, 1.165) is 16.6 Å². The van der Waals surface area contributed by atoms with Gasteiger partial charge in [-0.2, -0.15) is 5.10 Å². The fourth-order valence-electron chi connectivity index (χ4n) is 4.93. The Kier molecular flexibility index (Phi) is 6.62. The summed E-state index contributed by atoms with van der Waals surface area (Å²) in [5, 5.41) is 8.73. The summed E-state index contributed by atoms with van der Waals surface area (Å²) >= 11 is 0. The molecular formula is C33H26N6O2. The Balaban J connectivity index is 1.47. The van der Waals surface area contributed by atoms with Gasteiger partial charge in [0, 0.05) is 46.8 Å². The van der Waals surface area contributed by atoms with Gasteiger partial charge < -0.3 is 5.32 Å². The maximum atomic E-state index is 14.2. The lowest BCUT2D eigenvalue weighted by molar-refractivity contribution is 0.0939. The van der Waals surface area contributed by atoms with Gasteiger partial charge in [-0.05, 0) is 68.6 Å². The van der Waals surface area contributed by atoms with Gasteiger partial charge in [-0.1, -0.05) is 42.2 Å². The highest BCUT2D eigenvalue weighted by atomic mass is 16.2. The summed E-state index contributed by atoms with van der Waals surface area (Å²) in [5.74, 6) is 5.99. The van der Waals surface area contributed by atoms with Crippen molar-refractivity contribution in [3.05, 3.63) is 136 Å². The first-order valence-electron chi connectivity index (χ1n) is 13.2. The van der Waals surface area contributed by atoms with Crippen molar-refractivity contribution in [2.75, 3.05) is 0 Å². The molecule has 41 heavy (non-hydrogen) atoms. The molecule has 1 amide bonds. The number of amides is 1. The Bertz CT molecular complexity index is 2050. The van der Waals surface area contributed by atoms with Gasteiger partial charge >= 0.3 is 0 Å². The highest BCUT2D eigenvalue weighted by Crippen LogP contribution is 2.24. The molecule has 200 valence electrons. The minimum atomic E-state index is -0.522. The van der Waals surface area contributed by atoms with E-state index in [-0.39, 0.29) is 11.5 Å². The molecule has 8 heteroatoms. The SMILES string of the molecule is Cc1ccc(C#Cc2cccc3cc([C@@H](C)NC(=O)c4c(C)nn5cccnc45)n(-c4ccccc4)c(=O)c23)cn1. The highest BCUT2D eigenvalue weighted by molar-refractivity contribution is 6.01. The second-order valence-corrected chi connectivity index (χ2v) is 9.80. The lowest BCUT2D eigenvalue weighted by Gasteiger charge is -2.21. The maximum absolute atomic E-state index is 14.2. The molecule has 2 aromatic carbocycles. The molecule has 0 radical (unpaired) electrons. The fourth-order valence-corrected chi connectivity index (χ4v) is 4.93.